The zero-order chi connectivity index (χ0) is 28.7. The highest BCUT2D eigenvalue weighted by Gasteiger charge is 2.47. The lowest BCUT2D eigenvalue weighted by Crippen LogP contribution is -2.64. The Labute approximate surface area is 234 Å². The molecule has 0 radical (unpaired) electrons. The maximum absolute atomic E-state index is 13.9. The molecule has 3 heterocycles. The van der Waals surface area contributed by atoms with Crippen LogP contribution in [-0.4, -0.2) is 72.5 Å². The molecule has 2 atom stereocenters. The molecule has 1 aromatic heterocycles. The van der Waals surface area contributed by atoms with E-state index in [1.54, 1.807) is 41.7 Å². The second kappa shape index (κ2) is 11.1. The van der Waals surface area contributed by atoms with Gasteiger partial charge < -0.3 is 14.5 Å². The summed E-state index contributed by atoms with van der Waals surface area (Å²) >= 11 is 0. The highest BCUT2D eigenvalue weighted by molar-refractivity contribution is 7.89. The van der Waals surface area contributed by atoms with Crippen LogP contribution in [0.3, 0.4) is 0 Å². The summed E-state index contributed by atoms with van der Waals surface area (Å²) in [5.41, 5.74) is 1.92. The number of benzene rings is 2. The first-order valence-electron chi connectivity index (χ1n) is 13.8. The summed E-state index contributed by atoms with van der Waals surface area (Å²) in [4.78, 5) is 27.1. The van der Waals surface area contributed by atoms with Crippen molar-refractivity contribution in [2.75, 3.05) is 38.1 Å². The number of aryl methyl sites for hydroxylation is 2. The van der Waals surface area contributed by atoms with Gasteiger partial charge in [-0.15, -0.1) is 0 Å². The van der Waals surface area contributed by atoms with E-state index in [1.807, 2.05) is 24.0 Å². The average Bonchev–Trinajstić information content (AvgIpc) is 3.17. The molecule has 1 amide bonds. The Bertz CT molecular complexity index is 1540. The van der Waals surface area contributed by atoms with Crippen molar-refractivity contribution in [1.29, 1.82) is 0 Å². The molecule has 1 N–H and O–H groups in total. The maximum atomic E-state index is 13.9. The highest BCUT2D eigenvalue weighted by atomic mass is 32.2. The number of likely N-dealkylation sites (tertiary alicyclic amines) is 1. The summed E-state index contributed by atoms with van der Waals surface area (Å²) in [5, 5.41) is 2.89. The van der Waals surface area contributed by atoms with Crippen LogP contribution in [0.15, 0.2) is 56.6 Å². The fourth-order valence-electron chi connectivity index (χ4n) is 5.86. The molecule has 0 saturated carbocycles. The molecule has 1 spiro atoms. The molecule has 2 saturated heterocycles. The third-order valence-corrected chi connectivity index (χ3v) is 9.78. The lowest BCUT2D eigenvalue weighted by atomic mass is 9.89. The summed E-state index contributed by atoms with van der Waals surface area (Å²) in [6.45, 7) is 8.01. The van der Waals surface area contributed by atoms with E-state index in [-0.39, 0.29) is 25.0 Å². The molecule has 5 rings (SSSR count). The second-order valence-electron chi connectivity index (χ2n) is 11.6. The van der Waals surface area contributed by atoms with Crippen molar-refractivity contribution in [1.82, 2.24) is 13.8 Å². The van der Waals surface area contributed by atoms with Gasteiger partial charge in [0.25, 0.3) is 0 Å². The molecule has 3 aromatic rings. The standard InChI is InChI=1S/C29H38N4O6S/c1-20(2)14-23-17-38-29(19-33(23)40(36,37)24-9-6-21(3)7-10-24)12-5-13-32(18-29)16-27(34)30-22-8-11-25-26(15-22)39-28(35)31(25)4/h6-11,15,20,23H,5,12-14,16-19H2,1-4H3,(H,30,34)/t23-,29?/m0/s1. The predicted octanol–water partition coefficient (Wildman–Crippen LogP) is 3.35. The summed E-state index contributed by atoms with van der Waals surface area (Å²) in [7, 11) is -2.10. The number of morpholine rings is 1. The number of oxazole rings is 1. The van der Waals surface area contributed by atoms with E-state index in [0.29, 0.717) is 53.7 Å². The molecule has 2 fully saturated rings. The number of piperidine rings is 1. The van der Waals surface area contributed by atoms with E-state index >= 15 is 0 Å². The van der Waals surface area contributed by atoms with E-state index < -0.39 is 21.4 Å². The molecule has 1 unspecified atom stereocenters. The molecular formula is C29H38N4O6S. The molecule has 0 bridgehead atoms. The molecule has 11 heteroatoms. The second-order valence-corrected chi connectivity index (χ2v) is 13.5. The maximum Gasteiger partial charge on any atom is 0.419 e. The van der Waals surface area contributed by atoms with Crippen LogP contribution in [-0.2, 0) is 26.6 Å². The Morgan fingerprint density at radius 3 is 2.62 bits per heavy atom. The van der Waals surface area contributed by atoms with Gasteiger partial charge in [0.1, 0.15) is 0 Å². The van der Waals surface area contributed by atoms with Gasteiger partial charge in [0.15, 0.2) is 5.58 Å². The van der Waals surface area contributed by atoms with Crippen LogP contribution in [0.4, 0.5) is 5.69 Å². The molecule has 2 aliphatic heterocycles. The van der Waals surface area contributed by atoms with Crippen molar-refractivity contribution in [2.24, 2.45) is 13.0 Å². The molecule has 2 aromatic carbocycles. The van der Waals surface area contributed by atoms with Crippen LogP contribution >= 0.6 is 0 Å². The molecule has 40 heavy (non-hydrogen) atoms. The number of aromatic nitrogens is 1. The Morgan fingerprint density at radius 1 is 1.15 bits per heavy atom. The predicted molar refractivity (Wildman–Crippen MR) is 153 cm³/mol. The molecule has 2 aliphatic rings. The zero-order valence-corrected chi connectivity index (χ0v) is 24.4. The molecule has 216 valence electrons. The number of rotatable bonds is 7. The number of hydrogen-bond acceptors (Lipinski definition) is 7. The van der Waals surface area contributed by atoms with Gasteiger partial charge in [0, 0.05) is 37.9 Å². The van der Waals surface area contributed by atoms with Gasteiger partial charge in [-0.3, -0.25) is 14.3 Å². The Morgan fingerprint density at radius 2 is 1.90 bits per heavy atom. The van der Waals surface area contributed by atoms with Crippen molar-refractivity contribution < 1.29 is 22.4 Å². The van der Waals surface area contributed by atoms with Crippen molar-refractivity contribution in [2.45, 2.75) is 56.6 Å². The van der Waals surface area contributed by atoms with Crippen molar-refractivity contribution in [3.8, 4) is 0 Å². The van der Waals surface area contributed by atoms with Gasteiger partial charge in [-0.1, -0.05) is 31.5 Å². The third-order valence-electron chi connectivity index (χ3n) is 7.87. The van der Waals surface area contributed by atoms with Crippen LogP contribution in [0, 0.1) is 12.8 Å². The number of carbonyl (C=O) groups is 1. The first-order valence-corrected chi connectivity index (χ1v) is 15.2. The summed E-state index contributed by atoms with van der Waals surface area (Å²) < 4.78 is 42.5. The number of sulfonamides is 1. The quantitative estimate of drug-likeness (QED) is 0.463. The molecule has 10 nitrogen and oxygen atoms in total. The SMILES string of the molecule is Cc1ccc(S(=O)(=O)N2CC3(CCCN(CC(=O)Nc4ccc5c(c4)oc(=O)n5C)C3)OC[C@@H]2CC(C)C)cc1. The number of nitrogens with one attached hydrogen (secondary N) is 1. The largest absolute Gasteiger partial charge is 0.419 e. The van der Waals surface area contributed by atoms with Gasteiger partial charge in [0.05, 0.1) is 29.2 Å². The van der Waals surface area contributed by atoms with E-state index in [2.05, 4.69) is 19.2 Å². The number of fused-ring (bicyclic) bond motifs is 1. The third kappa shape index (κ3) is 5.88. The Balaban J connectivity index is 1.30. The van der Waals surface area contributed by atoms with Crippen LogP contribution < -0.4 is 11.1 Å². The van der Waals surface area contributed by atoms with E-state index in [1.165, 1.54) is 4.57 Å². The number of carbonyl (C=O) groups excluding carboxylic acids is 1. The highest BCUT2D eigenvalue weighted by Crippen LogP contribution is 2.35. The Hall–Kier alpha value is -2.99. The van der Waals surface area contributed by atoms with Gasteiger partial charge in [-0.25, -0.2) is 13.2 Å². The van der Waals surface area contributed by atoms with Gasteiger partial charge in [-0.2, -0.15) is 4.31 Å². The first kappa shape index (κ1) is 28.5. The van der Waals surface area contributed by atoms with Gasteiger partial charge in [0.2, 0.25) is 15.9 Å². The summed E-state index contributed by atoms with van der Waals surface area (Å²) in [6.07, 6.45) is 2.23. The fourth-order valence-corrected chi connectivity index (χ4v) is 7.55. The van der Waals surface area contributed by atoms with Gasteiger partial charge in [-0.05, 0) is 62.9 Å². The fraction of sp³-hybridized carbons (Fsp3) is 0.517. The summed E-state index contributed by atoms with van der Waals surface area (Å²) in [5.74, 6) is -0.348. The van der Waals surface area contributed by atoms with E-state index in [4.69, 9.17) is 9.15 Å². The minimum atomic E-state index is -3.73. The minimum absolute atomic E-state index is 0.141. The number of nitrogens with zero attached hydrogens (tertiary/aromatic N) is 3. The van der Waals surface area contributed by atoms with Crippen LogP contribution in [0.2, 0.25) is 0 Å². The number of ether oxygens (including phenoxy) is 1. The van der Waals surface area contributed by atoms with Gasteiger partial charge >= 0.3 is 5.76 Å². The van der Waals surface area contributed by atoms with E-state index in [9.17, 15) is 18.0 Å². The first-order chi connectivity index (χ1) is 19.0. The monoisotopic (exact) mass is 570 g/mol. The number of hydrogen-bond donors (Lipinski definition) is 1. The lowest BCUT2D eigenvalue weighted by Gasteiger charge is -2.50. The van der Waals surface area contributed by atoms with Crippen molar-refractivity contribution >= 4 is 32.7 Å². The smallest absolute Gasteiger partial charge is 0.408 e. The van der Waals surface area contributed by atoms with Crippen molar-refractivity contribution in [3.63, 3.8) is 0 Å². The molecular weight excluding hydrogens is 532 g/mol. The number of anilines is 1. The number of amides is 1. The lowest BCUT2D eigenvalue weighted by molar-refractivity contribution is -0.146. The normalized spacial score (nSPS) is 22.8. The topological polar surface area (TPSA) is 114 Å². The van der Waals surface area contributed by atoms with Crippen molar-refractivity contribution in [3.05, 3.63) is 58.6 Å². The van der Waals surface area contributed by atoms with Crippen LogP contribution in [0.1, 0.15) is 38.7 Å². The van der Waals surface area contributed by atoms with E-state index in [0.717, 1.165) is 18.4 Å². The zero-order valence-electron chi connectivity index (χ0n) is 23.6. The average molecular weight is 571 g/mol. The summed E-state index contributed by atoms with van der Waals surface area (Å²) in [6, 6.07) is 11.9. The Kier molecular flexibility index (Phi) is 7.93. The van der Waals surface area contributed by atoms with Crippen LogP contribution in [0.25, 0.3) is 11.1 Å². The van der Waals surface area contributed by atoms with Crippen LogP contribution in [0.5, 0.6) is 0 Å². The molecule has 0 aliphatic carbocycles. The minimum Gasteiger partial charge on any atom is -0.408 e.